The molecule has 0 N–H and O–H groups in total. The molecule has 0 aliphatic carbocycles. The first-order valence-corrected chi connectivity index (χ1v) is 24.9. The normalized spacial score (nSPS) is 11.1. The first-order chi connectivity index (χ1) is 36.1. The monoisotopic (exact) mass is 936 g/mol. The lowest BCUT2D eigenvalue weighted by molar-refractivity contribution is 1.18. The van der Waals surface area contributed by atoms with Gasteiger partial charge in [-0.3, -0.25) is 0 Å². The van der Waals surface area contributed by atoms with Crippen molar-refractivity contribution in [1.82, 2.24) is 9.13 Å². The van der Waals surface area contributed by atoms with Crippen molar-refractivity contribution in [3.63, 3.8) is 0 Å². The van der Waals surface area contributed by atoms with Gasteiger partial charge in [-0.15, -0.1) is 6.58 Å². The molecule has 0 aliphatic heterocycles. The second-order valence-corrected chi connectivity index (χ2v) is 18.2. The van der Waals surface area contributed by atoms with E-state index in [0.717, 1.165) is 45.5 Å². The molecule has 73 heavy (non-hydrogen) atoms. The van der Waals surface area contributed by atoms with Gasteiger partial charge in [-0.05, 0) is 151 Å². The highest BCUT2D eigenvalue weighted by atomic mass is 15.2. The van der Waals surface area contributed by atoms with Crippen molar-refractivity contribution in [2.45, 2.75) is 6.92 Å². The molecule has 0 saturated carbocycles. The number of nitrogens with zero attached hydrogens (tertiary/aromatic N) is 4. The van der Waals surface area contributed by atoms with Crippen molar-refractivity contribution < 1.29 is 0 Å². The van der Waals surface area contributed by atoms with E-state index in [1.807, 2.05) is 6.92 Å². The summed E-state index contributed by atoms with van der Waals surface area (Å²) in [5.74, 6) is 0. The van der Waals surface area contributed by atoms with Gasteiger partial charge in [0.15, 0.2) is 0 Å². The average Bonchev–Trinajstić information content (AvgIpc) is 3.97. The van der Waals surface area contributed by atoms with Crippen LogP contribution >= 0.6 is 0 Å². The van der Waals surface area contributed by atoms with E-state index in [1.54, 1.807) is 6.08 Å². The zero-order valence-electron chi connectivity index (χ0n) is 40.6. The predicted molar refractivity (Wildman–Crippen MR) is 311 cm³/mol. The van der Waals surface area contributed by atoms with Crippen molar-refractivity contribution in [3.05, 3.63) is 292 Å². The van der Waals surface area contributed by atoms with E-state index in [0.29, 0.717) is 0 Å². The highest BCUT2D eigenvalue weighted by molar-refractivity contribution is 6.11. The van der Waals surface area contributed by atoms with Crippen LogP contribution in [0.2, 0.25) is 0 Å². The number of aromatic nitrogens is 2. The summed E-state index contributed by atoms with van der Waals surface area (Å²) < 4.78 is 4.76. The Balaban J connectivity index is 0.00000177. The van der Waals surface area contributed by atoms with Gasteiger partial charge in [0.1, 0.15) is 0 Å². The van der Waals surface area contributed by atoms with Gasteiger partial charge in [0.2, 0.25) is 0 Å². The van der Waals surface area contributed by atoms with Gasteiger partial charge in [0.05, 0.1) is 22.1 Å². The number of para-hydroxylation sites is 6. The van der Waals surface area contributed by atoms with Crippen molar-refractivity contribution in [3.8, 4) is 33.6 Å². The SMILES string of the molecule is C=CC.c1ccc(N(c2ccc(-c3ccc4c5ccccc5n(-c5ccccc5)c4c3)cc2)c2ccc(N(c3ccccc3)c3ccc(-c4ccc5c6ccccc6n(-c6ccccc6)c5c4)cc3)cc2)cc1. The van der Waals surface area contributed by atoms with Crippen LogP contribution in [0, 0.1) is 0 Å². The molecule has 348 valence electrons. The summed E-state index contributed by atoms with van der Waals surface area (Å²) in [6.45, 7) is 5.25. The standard InChI is InChI=1S/C66H46N4.C3H6/c1-5-17-51(18-6-1)67(55-35-29-47(30-36-55)49-33-43-61-59-25-13-15-27-63(59)69(65(61)45-49)53-21-9-3-10-22-53)57-39-41-58(42-40-57)68(52-19-7-2-8-20-52)56-37-31-48(32-38-56)50-34-44-62-60-26-14-16-28-64(60)70(66(62)46-50)54-23-11-4-12-24-54;1-3-2/h1-46H;3H,1H2,2H3. The van der Waals surface area contributed by atoms with Gasteiger partial charge in [0, 0.05) is 67.0 Å². The van der Waals surface area contributed by atoms with E-state index in [4.69, 9.17) is 0 Å². The number of fused-ring (bicyclic) bond motifs is 6. The molecule has 13 rings (SSSR count). The highest BCUT2D eigenvalue weighted by Gasteiger charge is 2.19. The largest absolute Gasteiger partial charge is 0.311 e. The molecular formula is C69H52N4. The van der Waals surface area contributed by atoms with E-state index >= 15 is 0 Å². The van der Waals surface area contributed by atoms with Gasteiger partial charge in [0.25, 0.3) is 0 Å². The molecular weight excluding hydrogens is 885 g/mol. The molecule has 0 fully saturated rings. The molecule has 0 unspecified atom stereocenters. The average molecular weight is 937 g/mol. The van der Waals surface area contributed by atoms with Gasteiger partial charge in [-0.1, -0.05) is 164 Å². The maximum absolute atomic E-state index is 3.36. The van der Waals surface area contributed by atoms with Crippen LogP contribution in [0.4, 0.5) is 34.1 Å². The molecule has 0 spiro atoms. The zero-order valence-corrected chi connectivity index (χ0v) is 40.6. The van der Waals surface area contributed by atoms with Gasteiger partial charge >= 0.3 is 0 Å². The molecule has 0 radical (unpaired) electrons. The van der Waals surface area contributed by atoms with Crippen LogP contribution in [0.3, 0.4) is 0 Å². The fourth-order valence-electron chi connectivity index (χ4n) is 10.4. The number of benzene rings is 11. The summed E-state index contributed by atoms with van der Waals surface area (Å²) in [5.41, 5.74) is 18.3. The van der Waals surface area contributed by atoms with E-state index < -0.39 is 0 Å². The summed E-state index contributed by atoms with van der Waals surface area (Å²) >= 11 is 0. The quantitative estimate of drug-likeness (QED) is 0.127. The molecule has 4 heteroatoms. The van der Waals surface area contributed by atoms with Crippen LogP contribution in [0.25, 0.3) is 77.2 Å². The third kappa shape index (κ3) is 8.41. The second kappa shape index (κ2) is 19.6. The van der Waals surface area contributed by atoms with Crippen LogP contribution in [-0.2, 0) is 0 Å². The number of hydrogen-bond donors (Lipinski definition) is 0. The molecule has 2 heterocycles. The van der Waals surface area contributed by atoms with Gasteiger partial charge in [-0.2, -0.15) is 0 Å². The van der Waals surface area contributed by atoms with Gasteiger partial charge < -0.3 is 18.9 Å². The molecule has 0 amide bonds. The third-order valence-corrected chi connectivity index (χ3v) is 13.7. The Morgan fingerprint density at radius 1 is 0.274 bits per heavy atom. The summed E-state index contributed by atoms with van der Waals surface area (Å²) in [6.07, 6.45) is 1.75. The Morgan fingerprint density at radius 2 is 0.534 bits per heavy atom. The fraction of sp³-hybridized carbons (Fsp3) is 0.0145. The molecule has 11 aromatic carbocycles. The maximum Gasteiger partial charge on any atom is 0.0547 e. The maximum atomic E-state index is 3.36. The minimum absolute atomic E-state index is 1.07. The molecule has 0 bridgehead atoms. The van der Waals surface area contributed by atoms with Gasteiger partial charge in [-0.25, -0.2) is 0 Å². The minimum atomic E-state index is 1.07. The van der Waals surface area contributed by atoms with Crippen molar-refractivity contribution >= 4 is 77.7 Å². The smallest absolute Gasteiger partial charge is 0.0547 e. The Bertz CT molecular complexity index is 3750. The third-order valence-electron chi connectivity index (χ3n) is 13.7. The number of hydrogen-bond acceptors (Lipinski definition) is 2. The Kier molecular flexibility index (Phi) is 12.0. The van der Waals surface area contributed by atoms with E-state index in [1.165, 1.54) is 65.9 Å². The second-order valence-electron chi connectivity index (χ2n) is 18.2. The zero-order chi connectivity index (χ0) is 49.1. The van der Waals surface area contributed by atoms with Crippen LogP contribution in [0.15, 0.2) is 292 Å². The Morgan fingerprint density at radius 3 is 0.890 bits per heavy atom. The fourth-order valence-corrected chi connectivity index (χ4v) is 10.4. The van der Waals surface area contributed by atoms with Crippen LogP contribution in [0.1, 0.15) is 6.92 Å². The van der Waals surface area contributed by atoms with E-state index in [2.05, 4.69) is 305 Å². The minimum Gasteiger partial charge on any atom is -0.311 e. The molecule has 0 aliphatic rings. The lowest BCUT2D eigenvalue weighted by atomic mass is 10.0. The number of rotatable bonds is 10. The Hall–Kier alpha value is -9.64. The summed E-state index contributed by atoms with van der Waals surface area (Å²) in [6, 6.07) is 101. The lowest BCUT2D eigenvalue weighted by Crippen LogP contribution is -2.12. The highest BCUT2D eigenvalue weighted by Crippen LogP contribution is 2.42. The molecule has 0 saturated heterocycles. The molecule has 0 atom stereocenters. The summed E-state index contributed by atoms with van der Waals surface area (Å²) in [4.78, 5) is 4.67. The molecule has 4 nitrogen and oxygen atoms in total. The first-order valence-electron chi connectivity index (χ1n) is 24.9. The summed E-state index contributed by atoms with van der Waals surface area (Å²) in [7, 11) is 0. The first kappa shape index (κ1) is 44.6. The van der Waals surface area contributed by atoms with E-state index in [-0.39, 0.29) is 0 Å². The van der Waals surface area contributed by atoms with Crippen LogP contribution < -0.4 is 9.80 Å². The van der Waals surface area contributed by atoms with Crippen LogP contribution in [-0.4, -0.2) is 9.13 Å². The van der Waals surface area contributed by atoms with Crippen molar-refractivity contribution in [2.75, 3.05) is 9.80 Å². The van der Waals surface area contributed by atoms with Crippen molar-refractivity contribution in [1.29, 1.82) is 0 Å². The molecule has 13 aromatic rings. The molecule has 2 aromatic heterocycles. The van der Waals surface area contributed by atoms with Crippen molar-refractivity contribution in [2.24, 2.45) is 0 Å². The number of anilines is 6. The number of allylic oxidation sites excluding steroid dienone is 1. The predicted octanol–water partition coefficient (Wildman–Crippen LogP) is 19.3. The topological polar surface area (TPSA) is 16.3 Å². The summed E-state index contributed by atoms with van der Waals surface area (Å²) in [5, 5.41) is 5.01. The van der Waals surface area contributed by atoms with Crippen LogP contribution in [0.5, 0.6) is 0 Å². The lowest BCUT2D eigenvalue weighted by Gasteiger charge is -2.28. The van der Waals surface area contributed by atoms with E-state index in [9.17, 15) is 0 Å². The Labute approximate surface area is 426 Å².